The number of benzene rings is 1. The number of aryl methyl sites for hydroxylation is 1. The maximum atomic E-state index is 11.5. The molecule has 3 nitrogen and oxygen atoms in total. The highest BCUT2D eigenvalue weighted by Gasteiger charge is 2.31. The molecule has 0 spiro atoms. The molecule has 1 atom stereocenters. The molecule has 0 fully saturated rings. The smallest absolute Gasteiger partial charge is 0.232 e. The van der Waals surface area contributed by atoms with Crippen LogP contribution >= 0.6 is 0 Å². The normalized spacial score (nSPS) is 20.3. The maximum absolute atomic E-state index is 11.5. The van der Waals surface area contributed by atoms with Gasteiger partial charge in [-0.15, -0.1) is 0 Å². The van der Waals surface area contributed by atoms with Crippen LogP contribution in [0.3, 0.4) is 0 Å². The van der Waals surface area contributed by atoms with E-state index in [1.54, 1.807) is 6.07 Å². The molecule has 1 aliphatic carbocycles. The molecule has 0 heterocycles. The molecule has 0 bridgehead atoms. The summed E-state index contributed by atoms with van der Waals surface area (Å²) in [6.45, 7) is 0. The molecule has 71 valence electrons. The quantitative estimate of drug-likeness (QED) is 0.655. The van der Waals surface area contributed by atoms with Gasteiger partial charge in [-0.2, -0.15) is 0 Å². The van der Waals surface area contributed by atoms with Crippen LogP contribution in [0.5, 0.6) is 0 Å². The van der Waals surface area contributed by atoms with Crippen molar-refractivity contribution in [2.75, 3.05) is 0 Å². The molecular formula is C11H10NO2. The van der Waals surface area contributed by atoms with Gasteiger partial charge >= 0.3 is 0 Å². The second kappa shape index (κ2) is 3.25. The molecule has 0 aromatic heterocycles. The number of Topliss-reactive ketones (excluding diaryl/α,β-unsaturated/α-hetero) is 1. The third-order valence-corrected chi connectivity index (χ3v) is 2.51. The molecular weight excluding hydrogens is 178 g/mol. The fraction of sp³-hybridized carbons (Fsp3) is 0.273. The number of carbonyl (C=O) groups excluding carboxylic acids is 2. The monoisotopic (exact) mass is 188 g/mol. The van der Waals surface area contributed by atoms with Crippen LogP contribution in [0.25, 0.3) is 0 Å². The van der Waals surface area contributed by atoms with Crippen LogP contribution in [0, 0.1) is 6.07 Å². The van der Waals surface area contributed by atoms with Gasteiger partial charge in [0.2, 0.25) is 5.91 Å². The van der Waals surface area contributed by atoms with Gasteiger partial charge in [0.15, 0.2) is 0 Å². The van der Waals surface area contributed by atoms with E-state index in [0.29, 0.717) is 18.4 Å². The van der Waals surface area contributed by atoms with E-state index in [4.69, 9.17) is 5.73 Å². The van der Waals surface area contributed by atoms with Crippen molar-refractivity contribution in [1.82, 2.24) is 0 Å². The van der Waals surface area contributed by atoms with Crippen molar-refractivity contribution in [2.24, 2.45) is 5.73 Å². The fourth-order valence-corrected chi connectivity index (χ4v) is 1.84. The number of amides is 1. The van der Waals surface area contributed by atoms with E-state index >= 15 is 0 Å². The predicted molar refractivity (Wildman–Crippen MR) is 50.5 cm³/mol. The zero-order chi connectivity index (χ0) is 10.1. The molecule has 1 unspecified atom stereocenters. The summed E-state index contributed by atoms with van der Waals surface area (Å²) in [5, 5.41) is 0. The van der Waals surface area contributed by atoms with Crippen LogP contribution in [0.15, 0.2) is 18.2 Å². The van der Waals surface area contributed by atoms with Crippen molar-refractivity contribution in [1.29, 1.82) is 0 Å². The molecule has 0 saturated heterocycles. The van der Waals surface area contributed by atoms with Gasteiger partial charge in [-0.3, -0.25) is 9.59 Å². The average Bonchev–Trinajstić information content (AvgIpc) is 2.17. The van der Waals surface area contributed by atoms with Gasteiger partial charge in [-0.25, -0.2) is 0 Å². The first-order valence-electron chi connectivity index (χ1n) is 4.51. The Bertz CT molecular complexity index is 398. The van der Waals surface area contributed by atoms with Crippen molar-refractivity contribution in [3.8, 4) is 0 Å². The van der Waals surface area contributed by atoms with E-state index in [1.807, 2.05) is 12.1 Å². The summed E-state index contributed by atoms with van der Waals surface area (Å²) < 4.78 is 0. The van der Waals surface area contributed by atoms with Crippen LogP contribution in [0.2, 0.25) is 0 Å². The van der Waals surface area contributed by atoms with Crippen molar-refractivity contribution >= 4 is 11.7 Å². The topological polar surface area (TPSA) is 60.2 Å². The first kappa shape index (κ1) is 8.94. The molecule has 0 aliphatic heterocycles. The number of ketones is 1. The number of nitrogens with two attached hydrogens (primary N) is 1. The SMILES string of the molecule is NC(=O)C1C(=O)CCc2ccc[c]c21. The predicted octanol–water partition coefficient (Wildman–Crippen LogP) is 0.571. The van der Waals surface area contributed by atoms with Crippen molar-refractivity contribution in [3.63, 3.8) is 0 Å². The highest BCUT2D eigenvalue weighted by molar-refractivity contribution is 6.07. The van der Waals surface area contributed by atoms with E-state index < -0.39 is 11.8 Å². The Labute approximate surface area is 81.9 Å². The van der Waals surface area contributed by atoms with Gasteiger partial charge < -0.3 is 5.73 Å². The molecule has 2 rings (SSSR count). The van der Waals surface area contributed by atoms with Crippen molar-refractivity contribution in [2.45, 2.75) is 18.8 Å². The van der Waals surface area contributed by atoms with Gasteiger partial charge in [0.1, 0.15) is 11.7 Å². The third kappa shape index (κ3) is 1.31. The minimum absolute atomic E-state index is 0.0903. The molecule has 1 amide bonds. The minimum atomic E-state index is -0.778. The summed E-state index contributed by atoms with van der Waals surface area (Å²) in [4.78, 5) is 22.6. The summed E-state index contributed by atoms with van der Waals surface area (Å²) in [6, 6.07) is 8.40. The van der Waals surface area contributed by atoms with Crippen molar-refractivity contribution in [3.05, 3.63) is 35.4 Å². The first-order valence-corrected chi connectivity index (χ1v) is 4.51. The van der Waals surface area contributed by atoms with E-state index in [9.17, 15) is 9.59 Å². The number of primary amides is 1. The van der Waals surface area contributed by atoms with E-state index in [0.717, 1.165) is 5.56 Å². The van der Waals surface area contributed by atoms with Crippen LogP contribution in [0.1, 0.15) is 23.5 Å². The van der Waals surface area contributed by atoms with Crippen LogP contribution in [0.4, 0.5) is 0 Å². The summed E-state index contributed by atoms with van der Waals surface area (Å²) in [5.41, 5.74) is 6.87. The largest absolute Gasteiger partial charge is 0.369 e. The van der Waals surface area contributed by atoms with Crippen molar-refractivity contribution < 1.29 is 9.59 Å². The second-order valence-electron chi connectivity index (χ2n) is 3.41. The number of hydrogen-bond donors (Lipinski definition) is 1. The van der Waals surface area contributed by atoms with E-state index in [-0.39, 0.29) is 5.78 Å². The first-order chi connectivity index (χ1) is 6.70. The molecule has 14 heavy (non-hydrogen) atoms. The van der Waals surface area contributed by atoms with Gasteiger partial charge in [-0.05, 0) is 23.6 Å². The van der Waals surface area contributed by atoms with Crippen LogP contribution in [-0.2, 0) is 16.0 Å². The van der Waals surface area contributed by atoms with E-state index in [2.05, 4.69) is 6.07 Å². The molecule has 0 saturated carbocycles. The van der Waals surface area contributed by atoms with Gasteiger partial charge in [0, 0.05) is 6.42 Å². The second-order valence-corrected chi connectivity index (χ2v) is 3.41. The number of rotatable bonds is 1. The molecule has 1 aromatic carbocycles. The lowest BCUT2D eigenvalue weighted by atomic mass is 9.81. The zero-order valence-corrected chi connectivity index (χ0v) is 7.62. The Morgan fingerprint density at radius 1 is 1.50 bits per heavy atom. The Balaban J connectivity index is 2.51. The lowest BCUT2D eigenvalue weighted by Crippen LogP contribution is -2.32. The summed E-state index contributed by atoms with van der Waals surface area (Å²) in [5.74, 6) is -1.44. The lowest BCUT2D eigenvalue weighted by molar-refractivity contribution is -0.129. The van der Waals surface area contributed by atoms with E-state index in [1.165, 1.54) is 0 Å². The van der Waals surface area contributed by atoms with Crippen LogP contribution in [-0.4, -0.2) is 11.7 Å². The zero-order valence-electron chi connectivity index (χ0n) is 7.62. The van der Waals surface area contributed by atoms with Gasteiger partial charge in [0.05, 0.1) is 0 Å². The highest BCUT2D eigenvalue weighted by atomic mass is 16.2. The molecule has 1 radical (unpaired) electrons. The molecule has 3 heteroatoms. The number of carbonyl (C=O) groups is 2. The summed E-state index contributed by atoms with van der Waals surface area (Å²) >= 11 is 0. The molecule has 1 aromatic rings. The van der Waals surface area contributed by atoms with Gasteiger partial charge in [-0.1, -0.05) is 18.2 Å². The minimum Gasteiger partial charge on any atom is -0.369 e. The fourth-order valence-electron chi connectivity index (χ4n) is 1.84. The Kier molecular flexibility index (Phi) is 2.08. The van der Waals surface area contributed by atoms with Crippen LogP contribution < -0.4 is 5.73 Å². The Morgan fingerprint density at radius 3 is 3.00 bits per heavy atom. The number of fused-ring (bicyclic) bond motifs is 1. The highest BCUT2D eigenvalue weighted by Crippen LogP contribution is 2.27. The molecule has 1 aliphatic rings. The summed E-state index contributed by atoms with van der Waals surface area (Å²) in [6.07, 6.45) is 1.09. The maximum Gasteiger partial charge on any atom is 0.232 e. The standard InChI is InChI=1S/C11H10NO2/c12-11(14)10-8-4-2-1-3-7(8)5-6-9(10)13/h1-3,10H,5-6H2,(H2,12,14). The molecule has 2 N–H and O–H groups in total. The lowest BCUT2D eigenvalue weighted by Gasteiger charge is -2.21. The number of hydrogen-bond acceptors (Lipinski definition) is 2. The Morgan fingerprint density at radius 2 is 2.29 bits per heavy atom. The van der Waals surface area contributed by atoms with Gasteiger partial charge in [0.25, 0.3) is 0 Å². The Hall–Kier alpha value is -1.64. The third-order valence-electron chi connectivity index (χ3n) is 2.51. The summed E-state index contributed by atoms with van der Waals surface area (Å²) in [7, 11) is 0. The average molecular weight is 188 g/mol.